The summed E-state index contributed by atoms with van der Waals surface area (Å²) < 4.78 is 53.2. The first kappa shape index (κ1) is 64.0. The number of carbonyl (C=O) groups excluding carboxylic acids is 6. The second-order valence-electron chi connectivity index (χ2n) is 14.0. The molecule has 0 unspecified atom stereocenters. The summed E-state index contributed by atoms with van der Waals surface area (Å²) in [4.78, 5) is 48.8. The Kier molecular flexibility index (Phi) is 45.4. The fourth-order valence-corrected chi connectivity index (χ4v) is 5.26. The number of unbranched alkanes of at least 4 members (excludes halogenated alkanes) is 3. The van der Waals surface area contributed by atoms with E-state index in [-0.39, 0.29) is 18.5 Å². The number of rotatable bonds is 35. The summed E-state index contributed by atoms with van der Waals surface area (Å²) in [6, 6.07) is 17.4. The van der Waals surface area contributed by atoms with Crippen LogP contribution < -0.4 is 42.6 Å². The van der Waals surface area contributed by atoms with Crippen LogP contribution in [-0.2, 0) is 28.8 Å². The highest BCUT2D eigenvalue weighted by molar-refractivity contribution is 5.53. The van der Waals surface area contributed by atoms with Crippen molar-refractivity contribution >= 4 is 18.5 Å². The maximum atomic E-state index is 8.12. The smallest absolute Gasteiger partial charge is 0.373 e. The quantitative estimate of drug-likeness (QED) is 0.0400. The fraction of sp³-hybridized carbons (Fsp3) is 0.463. The zero-order valence-corrected chi connectivity index (χ0v) is 41.2. The SMILES string of the molecule is C=CCCOc1cccc(OCCC=C)c1OCCC=C.CCCCOc1cccc(OCC/C=C\CCCOc2cccc(OCCCC)c2OCCC)c1OCCC.O=C=O.O=C=O.O=C=O. The van der Waals surface area contributed by atoms with Gasteiger partial charge in [0.2, 0.25) is 17.2 Å². The molecule has 0 fully saturated rings. The van der Waals surface area contributed by atoms with Gasteiger partial charge in [-0.05, 0) is 101 Å². The lowest BCUT2D eigenvalue weighted by atomic mass is 10.2. The van der Waals surface area contributed by atoms with E-state index in [1.165, 1.54) is 0 Å². The van der Waals surface area contributed by atoms with Gasteiger partial charge in [0.15, 0.2) is 34.5 Å². The van der Waals surface area contributed by atoms with Crippen molar-refractivity contribution in [1.82, 2.24) is 0 Å². The molecule has 0 radical (unpaired) electrons. The fourth-order valence-electron chi connectivity index (χ4n) is 5.26. The minimum absolute atomic E-state index is 0.250. The molecule has 0 aliphatic heterocycles. The standard InChI is InChI=1S/C33H50O6.C18H24O3.3CO2/c1-5-9-24-34-28-18-16-20-30(32(28)38-22-7-3)36-26-14-12-11-13-15-27-37-31-21-17-19-29(35-25-10-6-2)33(31)39-23-8-4;1-4-7-13-19-16-11-10-12-17(20-14-8-5-2)18(16)21-15-9-6-3;3*2-1-3/h11-12,16-21H,5-10,13-15,22-27H2,1-4H3;4-6,10-12H,1-3,7-9,13-15H2;;;/b12-11-;;;;. The molecule has 0 heterocycles. The molecular weight excluding hydrogens is 889 g/mol. The van der Waals surface area contributed by atoms with Crippen LogP contribution in [0.2, 0.25) is 0 Å². The molecule has 0 bridgehead atoms. The number of allylic oxidation sites excluding steroid dienone is 1. The Morgan fingerprint density at radius 1 is 0.348 bits per heavy atom. The van der Waals surface area contributed by atoms with Crippen molar-refractivity contribution < 1.29 is 71.4 Å². The lowest BCUT2D eigenvalue weighted by Crippen LogP contribution is -2.05. The van der Waals surface area contributed by atoms with Gasteiger partial charge in [0.1, 0.15) is 0 Å². The van der Waals surface area contributed by atoms with Gasteiger partial charge < -0.3 is 42.6 Å². The maximum absolute atomic E-state index is 8.12. The zero-order valence-electron chi connectivity index (χ0n) is 41.2. The van der Waals surface area contributed by atoms with Crippen molar-refractivity contribution in [2.24, 2.45) is 0 Å². The average molecular weight is 963 g/mol. The van der Waals surface area contributed by atoms with Crippen LogP contribution in [0.4, 0.5) is 0 Å². The van der Waals surface area contributed by atoms with Crippen molar-refractivity contribution in [2.75, 3.05) is 59.5 Å². The summed E-state index contributed by atoms with van der Waals surface area (Å²) in [5.74, 6) is 6.45. The summed E-state index contributed by atoms with van der Waals surface area (Å²) >= 11 is 0. The van der Waals surface area contributed by atoms with Crippen LogP contribution in [0.25, 0.3) is 0 Å². The van der Waals surface area contributed by atoms with Crippen molar-refractivity contribution in [1.29, 1.82) is 0 Å². The van der Waals surface area contributed by atoms with Gasteiger partial charge in [-0.15, -0.1) is 19.7 Å². The third-order valence-electron chi connectivity index (χ3n) is 8.45. The van der Waals surface area contributed by atoms with Crippen LogP contribution in [0.5, 0.6) is 51.7 Å². The predicted molar refractivity (Wildman–Crippen MR) is 262 cm³/mol. The molecule has 69 heavy (non-hydrogen) atoms. The third kappa shape index (κ3) is 33.1. The largest absolute Gasteiger partial charge is 0.490 e. The number of ether oxygens (including phenoxy) is 9. The van der Waals surface area contributed by atoms with Gasteiger partial charge in [-0.2, -0.15) is 28.8 Å². The van der Waals surface area contributed by atoms with Crippen LogP contribution in [0.1, 0.15) is 105 Å². The first-order chi connectivity index (χ1) is 33.8. The van der Waals surface area contributed by atoms with Crippen LogP contribution >= 0.6 is 0 Å². The van der Waals surface area contributed by atoms with Crippen LogP contribution in [-0.4, -0.2) is 77.9 Å². The minimum atomic E-state index is 0.250. The Morgan fingerprint density at radius 2 is 0.609 bits per heavy atom. The van der Waals surface area contributed by atoms with Gasteiger partial charge in [-0.25, -0.2) is 0 Å². The topological polar surface area (TPSA) is 185 Å². The molecule has 3 aromatic rings. The number of benzene rings is 3. The Balaban J connectivity index is 0. The molecule has 0 N–H and O–H groups in total. The Hall–Kier alpha value is -7.04. The molecule has 0 aromatic heterocycles. The van der Waals surface area contributed by atoms with E-state index in [4.69, 9.17) is 71.4 Å². The summed E-state index contributed by atoms with van der Waals surface area (Å²) in [6.07, 6.45) is 21.7. The highest BCUT2D eigenvalue weighted by Gasteiger charge is 2.15. The molecule has 0 spiro atoms. The normalized spacial score (nSPS) is 9.51. The molecular formula is C54H74O15. The van der Waals surface area contributed by atoms with Crippen LogP contribution in [0.3, 0.4) is 0 Å². The van der Waals surface area contributed by atoms with Gasteiger partial charge in [-0.3, -0.25) is 0 Å². The van der Waals surface area contributed by atoms with Crippen molar-refractivity contribution in [3.8, 4) is 51.7 Å². The molecule has 15 nitrogen and oxygen atoms in total. The molecule has 0 amide bonds. The third-order valence-corrected chi connectivity index (χ3v) is 8.45. The van der Waals surface area contributed by atoms with E-state index in [1.54, 1.807) is 0 Å². The van der Waals surface area contributed by atoms with E-state index < -0.39 is 0 Å². The lowest BCUT2D eigenvalue weighted by Gasteiger charge is -2.16. The summed E-state index contributed by atoms with van der Waals surface area (Å²) in [6.45, 7) is 25.1. The van der Waals surface area contributed by atoms with Crippen molar-refractivity contribution in [2.45, 2.75) is 105 Å². The maximum Gasteiger partial charge on any atom is 0.373 e. The first-order valence-electron chi connectivity index (χ1n) is 23.3. The van der Waals surface area contributed by atoms with E-state index in [1.807, 2.05) is 72.8 Å². The molecule has 3 aromatic carbocycles. The van der Waals surface area contributed by atoms with Gasteiger partial charge in [0.05, 0.1) is 59.5 Å². The van der Waals surface area contributed by atoms with Gasteiger partial charge >= 0.3 is 18.5 Å². The van der Waals surface area contributed by atoms with Gasteiger partial charge in [0, 0.05) is 0 Å². The van der Waals surface area contributed by atoms with Crippen molar-refractivity contribution in [3.63, 3.8) is 0 Å². The van der Waals surface area contributed by atoms with E-state index in [9.17, 15) is 0 Å². The van der Waals surface area contributed by atoms with Crippen molar-refractivity contribution in [3.05, 3.63) is 105 Å². The molecule has 0 saturated carbocycles. The van der Waals surface area contributed by atoms with Crippen LogP contribution in [0, 0.1) is 0 Å². The molecule has 0 atom stereocenters. The predicted octanol–water partition coefficient (Wildman–Crippen LogP) is 11.6. The Labute approximate surface area is 409 Å². The van der Waals surface area contributed by atoms with E-state index >= 15 is 0 Å². The first-order valence-corrected chi connectivity index (χ1v) is 23.3. The number of hydrogen-bond donors (Lipinski definition) is 0. The second-order valence-corrected chi connectivity index (χ2v) is 14.0. The van der Waals surface area contributed by atoms with Crippen LogP contribution in [0.15, 0.2) is 105 Å². The lowest BCUT2D eigenvalue weighted by molar-refractivity contribution is -0.193. The molecule has 0 aliphatic rings. The molecule has 3 rings (SSSR count). The minimum Gasteiger partial charge on any atom is -0.490 e. The monoisotopic (exact) mass is 963 g/mol. The zero-order chi connectivity index (χ0) is 51.4. The number of para-hydroxylation sites is 3. The average Bonchev–Trinajstić information content (AvgIpc) is 3.35. The summed E-state index contributed by atoms with van der Waals surface area (Å²) in [7, 11) is 0. The molecule has 0 aliphatic carbocycles. The molecule has 0 saturated heterocycles. The van der Waals surface area contributed by atoms with Gasteiger partial charge in [0.25, 0.3) is 0 Å². The summed E-state index contributed by atoms with van der Waals surface area (Å²) in [5, 5.41) is 0. The Bertz CT molecular complexity index is 1830. The highest BCUT2D eigenvalue weighted by Crippen LogP contribution is 2.40. The Morgan fingerprint density at radius 3 is 0.913 bits per heavy atom. The summed E-state index contributed by atoms with van der Waals surface area (Å²) in [5.41, 5.74) is 0. The second kappa shape index (κ2) is 48.9. The highest BCUT2D eigenvalue weighted by atomic mass is 16.6. The van der Waals surface area contributed by atoms with E-state index in [0.29, 0.717) is 88.2 Å². The molecule has 380 valence electrons. The van der Waals surface area contributed by atoms with E-state index in [2.05, 4.69) is 59.6 Å². The molecule has 15 heteroatoms. The van der Waals surface area contributed by atoms with E-state index in [0.717, 1.165) is 100 Å². The van der Waals surface area contributed by atoms with Gasteiger partial charge in [-0.1, -0.05) is 89.1 Å². The number of hydrogen-bond acceptors (Lipinski definition) is 15.